The van der Waals surface area contributed by atoms with Crippen LogP contribution in [0.1, 0.15) is 25.3 Å². The molecule has 3 atom stereocenters. The number of anilines is 1. The van der Waals surface area contributed by atoms with Crippen LogP contribution in [0.3, 0.4) is 0 Å². The summed E-state index contributed by atoms with van der Waals surface area (Å²) in [5, 5.41) is 16.7. The van der Waals surface area contributed by atoms with Crippen molar-refractivity contribution in [2.75, 3.05) is 31.1 Å². The van der Waals surface area contributed by atoms with Crippen molar-refractivity contribution < 1.29 is 9.53 Å². The van der Waals surface area contributed by atoms with Crippen LogP contribution in [-0.4, -0.2) is 55.3 Å². The first-order valence-corrected chi connectivity index (χ1v) is 9.85. The lowest BCUT2D eigenvalue weighted by molar-refractivity contribution is -0.138. The number of ether oxygens (including phenoxy) is 1. The zero-order chi connectivity index (χ0) is 19.5. The Kier molecular flexibility index (Phi) is 5.42. The number of amides is 1. The topological polar surface area (TPSA) is 90.3 Å². The number of aromatic nitrogens is 1. The molecule has 2 aliphatic heterocycles. The van der Waals surface area contributed by atoms with E-state index >= 15 is 0 Å². The Hall–Kier alpha value is -2.69. The highest BCUT2D eigenvalue weighted by molar-refractivity contribution is 5.95. The highest BCUT2D eigenvalue weighted by Crippen LogP contribution is 2.30. The highest BCUT2D eigenvalue weighted by atomic mass is 16.5. The van der Waals surface area contributed by atoms with Gasteiger partial charge in [0.15, 0.2) is 6.10 Å². The zero-order valence-electron chi connectivity index (χ0n) is 16.0. The van der Waals surface area contributed by atoms with Gasteiger partial charge >= 0.3 is 0 Å². The van der Waals surface area contributed by atoms with Crippen molar-refractivity contribution in [3.63, 3.8) is 0 Å². The minimum atomic E-state index is -0.520. The molecule has 0 unspecified atom stereocenters. The third kappa shape index (κ3) is 3.79. The van der Waals surface area contributed by atoms with Crippen LogP contribution in [0.25, 0.3) is 10.9 Å². The molecule has 0 spiro atoms. The molecule has 3 heterocycles. The molecule has 4 rings (SSSR count). The number of hydrogen-bond acceptors (Lipinski definition) is 6. The molecule has 0 bridgehead atoms. The standard InChI is InChI=1S/C21H25N5O2/c1-14-12-26(13-19(28-14)21(27)25-16-4-2-8-23-11-16)18-7-6-15(10-22)20-17(18)5-3-9-24-20/h3,5-7,9,14,16,19,23H,2,4,8,11-13H2,1H3,(H,25,27)/t14-,16+,19-/m1/s1. The lowest BCUT2D eigenvalue weighted by Crippen LogP contribution is -2.56. The normalized spacial score (nSPS) is 25.3. The molecule has 2 fully saturated rings. The van der Waals surface area contributed by atoms with Gasteiger partial charge in [-0.25, -0.2) is 0 Å². The molecular weight excluding hydrogens is 354 g/mol. The Morgan fingerprint density at radius 1 is 1.39 bits per heavy atom. The van der Waals surface area contributed by atoms with Gasteiger partial charge in [-0.05, 0) is 50.6 Å². The summed E-state index contributed by atoms with van der Waals surface area (Å²) in [5.74, 6) is -0.0543. The zero-order valence-corrected chi connectivity index (χ0v) is 16.0. The van der Waals surface area contributed by atoms with Gasteiger partial charge in [0.1, 0.15) is 6.07 Å². The van der Waals surface area contributed by atoms with E-state index in [0.29, 0.717) is 24.2 Å². The van der Waals surface area contributed by atoms with Gasteiger partial charge in [0.25, 0.3) is 5.91 Å². The van der Waals surface area contributed by atoms with E-state index in [0.717, 1.165) is 37.0 Å². The highest BCUT2D eigenvalue weighted by Gasteiger charge is 2.32. The van der Waals surface area contributed by atoms with E-state index in [1.807, 2.05) is 25.1 Å². The van der Waals surface area contributed by atoms with Crippen LogP contribution < -0.4 is 15.5 Å². The van der Waals surface area contributed by atoms with Crippen LogP contribution in [-0.2, 0) is 9.53 Å². The summed E-state index contributed by atoms with van der Waals surface area (Å²) in [6.45, 7) is 4.97. The van der Waals surface area contributed by atoms with Gasteiger partial charge in [0.2, 0.25) is 0 Å². The minimum Gasteiger partial charge on any atom is -0.365 e. The van der Waals surface area contributed by atoms with E-state index < -0.39 is 6.10 Å². The van der Waals surface area contributed by atoms with Crippen molar-refractivity contribution in [1.29, 1.82) is 5.26 Å². The number of pyridine rings is 1. The molecule has 0 radical (unpaired) electrons. The summed E-state index contributed by atoms with van der Waals surface area (Å²) in [7, 11) is 0. The molecule has 2 aromatic rings. The number of morpholine rings is 1. The first-order chi connectivity index (χ1) is 13.7. The number of piperidine rings is 1. The second-order valence-electron chi connectivity index (χ2n) is 7.54. The third-order valence-corrected chi connectivity index (χ3v) is 5.40. The first kappa shape index (κ1) is 18.7. The van der Waals surface area contributed by atoms with Gasteiger partial charge < -0.3 is 20.3 Å². The molecule has 0 saturated carbocycles. The van der Waals surface area contributed by atoms with Gasteiger partial charge in [-0.1, -0.05) is 0 Å². The average Bonchev–Trinajstić information content (AvgIpc) is 2.73. The predicted octanol–water partition coefficient (Wildman–Crippen LogP) is 1.57. The summed E-state index contributed by atoms with van der Waals surface area (Å²) >= 11 is 0. The fourth-order valence-corrected chi connectivity index (χ4v) is 4.09. The van der Waals surface area contributed by atoms with E-state index in [4.69, 9.17) is 4.74 Å². The average molecular weight is 379 g/mol. The van der Waals surface area contributed by atoms with Gasteiger partial charge in [-0.15, -0.1) is 0 Å². The monoisotopic (exact) mass is 379 g/mol. The van der Waals surface area contributed by atoms with Crippen molar-refractivity contribution in [3.8, 4) is 6.07 Å². The molecule has 2 aliphatic rings. The fraction of sp³-hybridized carbons (Fsp3) is 0.476. The Balaban J connectivity index is 1.56. The van der Waals surface area contributed by atoms with Gasteiger partial charge in [0, 0.05) is 36.4 Å². The van der Waals surface area contributed by atoms with Crippen LogP contribution in [0.5, 0.6) is 0 Å². The van der Waals surface area contributed by atoms with Gasteiger partial charge in [-0.3, -0.25) is 9.78 Å². The SMILES string of the molecule is C[C@@H]1CN(c2ccc(C#N)c3ncccc23)C[C@H](C(=O)N[C@H]2CCCNC2)O1. The maximum absolute atomic E-state index is 12.8. The van der Waals surface area contributed by atoms with Crippen LogP contribution in [0.15, 0.2) is 30.5 Å². The first-order valence-electron chi connectivity index (χ1n) is 9.85. The van der Waals surface area contributed by atoms with Crippen molar-refractivity contribution in [3.05, 3.63) is 36.0 Å². The van der Waals surface area contributed by atoms with Crippen molar-refractivity contribution >= 4 is 22.5 Å². The maximum Gasteiger partial charge on any atom is 0.251 e. The van der Waals surface area contributed by atoms with E-state index in [1.165, 1.54) is 0 Å². The van der Waals surface area contributed by atoms with E-state index in [9.17, 15) is 10.1 Å². The number of nitrogens with zero attached hydrogens (tertiary/aromatic N) is 3. The smallest absolute Gasteiger partial charge is 0.251 e. The number of hydrogen-bond donors (Lipinski definition) is 2. The molecule has 1 amide bonds. The maximum atomic E-state index is 12.8. The quantitative estimate of drug-likeness (QED) is 0.841. The van der Waals surface area contributed by atoms with Crippen LogP contribution in [0, 0.1) is 11.3 Å². The number of nitriles is 1. The van der Waals surface area contributed by atoms with Crippen LogP contribution in [0.4, 0.5) is 5.69 Å². The lowest BCUT2D eigenvalue weighted by atomic mass is 10.1. The minimum absolute atomic E-state index is 0.0543. The second kappa shape index (κ2) is 8.13. The lowest BCUT2D eigenvalue weighted by Gasteiger charge is -2.38. The van der Waals surface area contributed by atoms with Crippen LogP contribution >= 0.6 is 0 Å². The number of carbonyl (C=O) groups is 1. The number of rotatable bonds is 3. The largest absolute Gasteiger partial charge is 0.365 e. The summed E-state index contributed by atoms with van der Waals surface area (Å²) < 4.78 is 5.96. The Bertz CT molecular complexity index is 903. The van der Waals surface area contributed by atoms with Gasteiger partial charge in [0.05, 0.1) is 23.7 Å². The van der Waals surface area contributed by atoms with E-state index in [-0.39, 0.29) is 18.1 Å². The molecule has 28 heavy (non-hydrogen) atoms. The second-order valence-corrected chi connectivity index (χ2v) is 7.54. The molecule has 1 aromatic carbocycles. The molecule has 7 heteroatoms. The number of benzene rings is 1. The van der Waals surface area contributed by atoms with Crippen molar-refractivity contribution in [1.82, 2.24) is 15.6 Å². The molecule has 7 nitrogen and oxygen atoms in total. The summed E-state index contributed by atoms with van der Waals surface area (Å²) in [5.41, 5.74) is 2.23. The summed E-state index contributed by atoms with van der Waals surface area (Å²) in [4.78, 5) is 19.4. The van der Waals surface area contributed by atoms with E-state index in [1.54, 1.807) is 12.3 Å². The van der Waals surface area contributed by atoms with Crippen LogP contribution in [0.2, 0.25) is 0 Å². The van der Waals surface area contributed by atoms with Crippen molar-refractivity contribution in [2.24, 2.45) is 0 Å². The summed E-state index contributed by atoms with van der Waals surface area (Å²) in [6, 6.07) is 9.96. The predicted molar refractivity (Wildman–Crippen MR) is 107 cm³/mol. The Morgan fingerprint density at radius 2 is 2.29 bits per heavy atom. The Morgan fingerprint density at radius 3 is 3.07 bits per heavy atom. The number of carbonyl (C=O) groups excluding carboxylic acids is 1. The van der Waals surface area contributed by atoms with E-state index in [2.05, 4.69) is 26.6 Å². The molecule has 1 aromatic heterocycles. The Labute approximate surface area is 164 Å². The molecular formula is C21H25N5O2. The molecule has 0 aliphatic carbocycles. The molecule has 146 valence electrons. The molecule has 2 N–H and O–H groups in total. The fourth-order valence-electron chi connectivity index (χ4n) is 4.09. The summed E-state index contributed by atoms with van der Waals surface area (Å²) in [6.07, 6.45) is 3.17. The number of nitrogens with one attached hydrogen (secondary N) is 2. The van der Waals surface area contributed by atoms with Gasteiger partial charge in [-0.2, -0.15) is 5.26 Å². The number of fused-ring (bicyclic) bond motifs is 1. The van der Waals surface area contributed by atoms with Crippen molar-refractivity contribution in [2.45, 2.75) is 38.0 Å². The molecule has 2 saturated heterocycles. The third-order valence-electron chi connectivity index (χ3n) is 5.40.